The third kappa shape index (κ3) is 3.94. The van der Waals surface area contributed by atoms with Gasteiger partial charge in [-0.1, -0.05) is 30.3 Å². The van der Waals surface area contributed by atoms with Crippen molar-refractivity contribution in [2.24, 2.45) is 0 Å². The highest BCUT2D eigenvalue weighted by Crippen LogP contribution is 2.43. The van der Waals surface area contributed by atoms with Crippen molar-refractivity contribution in [2.45, 2.75) is 39.0 Å². The van der Waals surface area contributed by atoms with Crippen molar-refractivity contribution in [3.63, 3.8) is 0 Å². The van der Waals surface area contributed by atoms with Crippen molar-refractivity contribution in [1.82, 2.24) is 5.32 Å². The number of benzene rings is 2. The number of hydrogen-bond donors (Lipinski definition) is 2. The van der Waals surface area contributed by atoms with E-state index in [1.165, 1.54) is 6.92 Å². The Morgan fingerprint density at radius 1 is 1.27 bits per heavy atom. The van der Waals surface area contributed by atoms with Crippen molar-refractivity contribution < 1.29 is 23.9 Å². The highest BCUT2D eigenvalue weighted by atomic mass is 16.5. The fourth-order valence-corrected chi connectivity index (χ4v) is 3.95. The fourth-order valence-electron chi connectivity index (χ4n) is 3.95. The molecule has 0 fully saturated rings. The van der Waals surface area contributed by atoms with Crippen molar-refractivity contribution in [2.75, 3.05) is 16.8 Å². The number of amides is 3. The molecule has 2 aliphatic rings. The monoisotopic (exact) mass is 409 g/mol. The SMILES string of the molecule is CC(=O)N1c2cc3c(cc2C(NC(=O)OCc2ccccc2)CC1C)OCC(=O)N3. The maximum atomic E-state index is 12.4. The predicted molar refractivity (Wildman–Crippen MR) is 110 cm³/mol. The van der Waals surface area contributed by atoms with Gasteiger partial charge in [0.1, 0.15) is 12.4 Å². The summed E-state index contributed by atoms with van der Waals surface area (Å²) in [5, 5.41) is 5.67. The minimum atomic E-state index is -0.537. The van der Waals surface area contributed by atoms with Gasteiger partial charge in [0, 0.05) is 18.5 Å². The van der Waals surface area contributed by atoms with E-state index in [1.807, 2.05) is 37.3 Å². The highest BCUT2D eigenvalue weighted by molar-refractivity contribution is 5.99. The molecule has 2 N–H and O–H groups in total. The summed E-state index contributed by atoms with van der Waals surface area (Å²) in [6, 6.07) is 12.4. The van der Waals surface area contributed by atoms with Crippen molar-refractivity contribution >= 4 is 29.3 Å². The van der Waals surface area contributed by atoms with Crippen LogP contribution in [0.15, 0.2) is 42.5 Å². The molecule has 30 heavy (non-hydrogen) atoms. The summed E-state index contributed by atoms with van der Waals surface area (Å²) in [5.41, 5.74) is 2.79. The van der Waals surface area contributed by atoms with Crippen LogP contribution in [0.25, 0.3) is 0 Å². The first-order valence-corrected chi connectivity index (χ1v) is 9.80. The van der Waals surface area contributed by atoms with Crippen LogP contribution < -0.4 is 20.3 Å². The van der Waals surface area contributed by atoms with Crippen molar-refractivity contribution in [1.29, 1.82) is 0 Å². The molecule has 8 heteroatoms. The lowest BCUT2D eigenvalue weighted by atomic mass is 9.90. The van der Waals surface area contributed by atoms with Gasteiger partial charge in [-0.05, 0) is 31.0 Å². The minimum absolute atomic E-state index is 0.0736. The Morgan fingerprint density at radius 2 is 2.03 bits per heavy atom. The van der Waals surface area contributed by atoms with Crippen LogP contribution in [0.5, 0.6) is 5.75 Å². The second-order valence-electron chi connectivity index (χ2n) is 7.48. The fraction of sp³-hybridized carbons (Fsp3) is 0.318. The molecule has 2 atom stereocenters. The Kier molecular flexibility index (Phi) is 5.31. The molecule has 2 aliphatic heterocycles. The lowest BCUT2D eigenvalue weighted by molar-refractivity contribution is -0.118. The molecule has 0 aliphatic carbocycles. The van der Waals surface area contributed by atoms with E-state index in [0.29, 0.717) is 23.5 Å². The van der Waals surface area contributed by atoms with E-state index >= 15 is 0 Å². The van der Waals surface area contributed by atoms with E-state index in [2.05, 4.69) is 10.6 Å². The number of anilines is 2. The molecule has 0 bridgehead atoms. The number of alkyl carbamates (subject to hydrolysis) is 1. The van der Waals surface area contributed by atoms with Gasteiger partial charge in [0.05, 0.1) is 17.4 Å². The van der Waals surface area contributed by atoms with Crippen LogP contribution in [0.2, 0.25) is 0 Å². The first-order valence-electron chi connectivity index (χ1n) is 9.80. The standard InChI is InChI=1S/C22H23N3O5/c1-13-8-17(24-22(28)30-11-15-6-4-3-5-7-15)16-9-20-18(23-21(27)12-29-20)10-19(16)25(13)14(2)26/h3-7,9-10,13,17H,8,11-12H2,1-2H3,(H,23,27)(H,24,28). The van der Waals surface area contributed by atoms with E-state index in [4.69, 9.17) is 9.47 Å². The first kappa shape index (κ1) is 19.8. The molecule has 0 spiro atoms. The molecule has 8 nitrogen and oxygen atoms in total. The number of hydrogen-bond acceptors (Lipinski definition) is 5. The number of nitrogens with one attached hydrogen (secondary N) is 2. The molecule has 4 rings (SSSR count). The summed E-state index contributed by atoms with van der Waals surface area (Å²) in [5.74, 6) is 0.146. The number of nitrogens with zero attached hydrogens (tertiary/aromatic N) is 1. The molecule has 0 saturated heterocycles. The van der Waals surface area contributed by atoms with E-state index in [-0.39, 0.29) is 37.1 Å². The Morgan fingerprint density at radius 3 is 2.77 bits per heavy atom. The number of ether oxygens (including phenoxy) is 2. The van der Waals surface area contributed by atoms with Gasteiger partial charge < -0.3 is 25.0 Å². The maximum Gasteiger partial charge on any atom is 0.407 e. The summed E-state index contributed by atoms with van der Waals surface area (Å²) in [7, 11) is 0. The smallest absolute Gasteiger partial charge is 0.407 e. The van der Waals surface area contributed by atoms with Crippen LogP contribution in [0.1, 0.15) is 37.4 Å². The van der Waals surface area contributed by atoms with Crippen LogP contribution in [0.3, 0.4) is 0 Å². The molecule has 0 saturated carbocycles. The predicted octanol–water partition coefficient (Wildman–Crippen LogP) is 3.13. The van der Waals surface area contributed by atoms with Crippen LogP contribution in [0, 0.1) is 0 Å². The average Bonchev–Trinajstić information content (AvgIpc) is 2.71. The molecule has 2 heterocycles. The van der Waals surface area contributed by atoms with Crippen LogP contribution in [0.4, 0.5) is 16.2 Å². The van der Waals surface area contributed by atoms with Crippen molar-refractivity contribution in [3.05, 3.63) is 53.6 Å². The Balaban J connectivity index is 1.58. The van der Waals surface area contributed by atoms with E-state index in [9.17, 15) is 14.4 Å². The molecule has 156 valence electrons. The molecule has 0 aromatic heterocycles. The van der Waals surface area contributed by atoms with Gasteiger partial charge in [0.15, 0.2) is 6.61 Å². The molecular weight excluding hydrogens is 386 g/mol. The van der Waals surface area contributed by atoms with Gasteiger partial charge in [-0.25, -0.2) is 4.79 Å². The Bertz CT molecular complexity index is 992. The van der Waals surface area contributed by atoms with E-state index < -0.39 is 6.09 Å². The van der Waals surface area contributed by atoms with Gasteiger partial charge in [-0.3, -0.25) is 9.59 Å². The zero-order valence-corrected chi connectivity index (χ0v) is 16.8. The van der Waals surface area contributed by atoms with Crippen LogP contribution in [-0.4, -0.2) is 30.6 Å². The maximum absolute atomic E-state index is 12.4. The van der Waals surface area contributed by atoms with Gasteiger partial charge in [0.25, 0.3) is 5.91 Å². The second-order valence-corrected chi connectivity index (χ2v) is 7.48. The molecule has 3 amide bonds. The third-order valence-corrected chi connectivity index (χ3v) is 5.26. The largest absolute Gasteiger partial charge is 0.482 e. The zero-order valence-electron chi connectivity index (χ0n) is 16.8. The summed E-state index contributed by atoms with van der Waals surface area (Å²) < 4.78 is 10.9. The van der Waals surface area contributed by atoms with Crippen LogP contribution in [-0.2, 0) is 20.9 Å². The lowest BCUT2D eigenvalue weighted by Gasteiger charge is -2.39. The van der Waals surface area contributed by atoms with Gasteiger partial charge in [-0.15, -0.1) is 0 Å². The van der Waals surface area contributed by atoms with Gasteiger partial charge in [0.2, 0.25) is 5.91 Å². The normalized spacial score (nSPS) is 19.7. The first-order chi connectivity index (χ1) is 14.4. The zero-order chi connectivity index (χ0) is 21.3. The molecule has 2 aromatic rings. The summed E-state index contributed by atoms with van der Waals surface area (Å²) in [6.45, 7) is 3.51. The van der Waals surface area contributed by atoms with Gasteiger partial charge >= 0.3 is 6.09 Å². The number of rotatable bonds is 3. The second kappa shape index (κ2) is 8.06. The number of carbonyl (C=O) groups is 3. The van der Waals surface area contributed by atoms with E-state index in [0.717, 1.165) is 11.1 Å². The highest BCUT2D eigenvalue weighted by Gasteiger charge is 2.35. The molecule has 2 aromatic carbocycles. The quantitative estimate of drug-likeness (QED) is 0.812. The van der Waals surface area contributed by atoms with E-state index in [1.54, 1.807) is 17.0 Å². The number of fused-ring (bicyclic) bond motifs is 2. The topological polar surface area (TPSA) is 97.0 Å². The third-order valence-electron chi connectivity index (χ3n) is 5.26. The number of carbonyl (C=O) groups excluding carboxylic acids is 3. The Hall–Kier alpha value is -3.55. The Labute approximate surface area is 174 Å². The summed E-state index contributed by atoms with van der Waals surface area (Å²) >= 11 is 0. The molecule has 2 unspecified atom stereocenters. The van der Waals surface area contributed by atoms with Gasteiger partial charge in [-0.2, -0.15) is 0 Å². The average molecular weight is 409 g/mol. The van der Waals surface area contributed by atoms with Crippen LogP contribution >= 0.6 is 0 Å². The summed E-state index contributed by atoms with van der Waals surface area (Å²) in [4.78, 5) is 38.1. The van der Waals surface area contributed by atoms with Crippen molar-refractivity contribution in [3.8, 4) is 5.75 Å². The minimum Gasteiger partial charge on any atom is -0.482 e. The summed E-state index contributed by atoms with van der Waals surface area (Å²) in [6.07, 6.45) is -0.0109. The lowest BCUT2D eigenvalue weighted by Crippen LogP contribution is -2.45. The molecular formula is C22H23N3O5. The molecule has 0 radical (unpaired) electrons.